The van der Waals surface area contributed by atoms with Crippen molar-refractivity contribution >= 4 is 11.3 Å². The van der Waals surface area contributed by atoms with Crippen LogP contribution in [-0.4, -0.2) is 11.7 Å². The summed E-state index contributed by atoms with van der Waals surface area (Å²) in [4.78, 5) is -0.00565. The Kier molecular flexibility index (Phi) is 3.13. The van der Waals surface area contributed by atoms with E-state index >= 15 is 0 Å². The van der Waals surface area contributed by atoms with Gasteiger partial charge in [0.05, 0.1) is 17.5 Å². The third-order valence-electron chi connectivity index (χ3n) is 1.48. The van der Waals surface area contributed by atoms with Crippen LogP contribution in [-0.2, 0) is 0 Å². The molecule has 3 N–H and O–H groups in total. The fourth-order valence-corrected chi connectivity index (χ4v) is 1.60. The Balaban J connectivity index is 2.77. The Bertz CT molecular complexity index is 251. The van der Waals surface area contributed by atoms with Crippen LogP contribution < -0.4 is 5.73 Å². The van der Waals surface area contributed by atoms with Crippen molar-refractivity contribution in [3.05, 3.63) is 21.9 Å². The smallest absolute Gasteiger partial charge is 0.272 e. The van der Waals surface area contributed by atoms with Crippen LogP contribution in [0, 0.1) is 0 Å². The molecule has 0 aromatic carbocycles. The topological polar surface area (TPSA) is 46.2 Å². The van der Waals surface area contributed by atoms with Crippen molar-refractivity contribution in [1.82, 2.24) is 0 Å². The second-order valence-electron chi connectivity index (χ2n) is 2.37. The van der Waals surface area contributed by atoms with Gasteiger partial charge in [0.15, 0.2) is 0 Å². The Morgan fingerprint density at radius 1 is 1.58 bits per heavy atom. The quantitative estimate of drug-likeness (QED) is 0.767. The molecule has 1 heterocycles. The van der Waals surface area contributed by atoms with Crippen molar-refractivity contribution in [2.24, 2.45) is 5.73 Å². The lowest BCUT2D eigenvalue weighted by atomic mass is 10.2. The first-order valence-corrected chi connectivity index (χ1v) is 4.26. The van der Waals surface area contributed by atoms with Crippen LogP contribution in [0.2, 0.25) is 0 Å². The number of rotatable bonds is 3. The molecule has 0 amide bonds. The zero-order valence-electron chi connectivity index (χ0n) is 6.21. The number of aliphatic hydroxyl groups is 1. The van der Waals surface area contributed by atoms with E-state index in [1.54, 1.807) is 5.38 Å². The van der Waals surface area contributed by atoms with Crippen LogP contribution in [0.15, 0.2) is 11.4 Å². The molecule has 0 aliphatic heterocycles. The maximum atomic E-state index is 12.1. The normalized spacial score (nSPS) is 13.8. The molecule has 0 fully saturated rings. The molecule has 0 aliphatic rings. The summed E-state index contributed by atoms with van der Waals surface area (Å²) in [5.41, 5.74) is 5.99. The summed E-state index contributed by atoms with van der Waals surface area (Å²) in [7, 11) is 0. The van der Waals surface area contributed by atoms with Gasteiger partial charge in [-0.25, -0.2) is 8.78 Å². The molecule has 0 bridgehead atoms. The maximum absolute atomic E-state index is 12.1. The third kappa shape index (κ3) is 2.00. The van der Waals surface area contributed by atoms with E-state index in [-0.39, 0.29) is 11.5 Å². The molecule has 1 rings (SSSR count). The molecule has 0 radical (unpaired) electrons. The van der Waals surface area contributed by atoms with Crippen molar-refractivity contribution in [1.29, 1.82) is 0 Å². The van der Waals surface area contributed by atoms with Gasteiger partial charge in [-0.05, 0) is 17.0 Å². The summed E-state index contributed by atoms with van der Waals surface area (Å²) in [6, 6.07) is 0.782. The summed E-state index contributed by atoms with van der Waals surface area (Å²) in [5, 5.41) is 10.2. The summed E-state index contributed by atoms with van der Waals surface area (Å²) in [6.45, 7) is -0.223. The van der Waals surface area contributed by atoms with Crippen molar-refractivity contribution in [3.63, 3.8) is 0 Å². The van der Waals surface area contributed by atoms with Crippen LogP contribution in [0.1, 0.15) is 22.9 Å². The number of halogens is 2. The van der Waals surface area contributed by atoms with Crippen molar-refractivity contribution in [2.45, 2.75) is 12.5 Å². The van der Waals surface area contributed by atoms with Gasteiger partial charge in [0.1, 0.15) is 0 Å². The maximum Gasteiger partial charge on any atom is 0.272 e. The van der Waals surface area contributed by atoms with E-state index in [0.29, 0.717) is 5.56 Å². The first-order valence-electron chi connectivity index (χ1n) is 3.38. The number of hydrogen-bond donors (Lipinski definition) is 2. The molecule has 1 aromatic rings. The molecule has 0 spiro atoms. The van der Waals surface area contributed by atoms with E-state index in [1.807, 2.05) is 0 Å². The molecule has 68 valence electrons. The number of hydrogen-bond acceptors (Lipinski definition) is 3. The van der Waals surface area contributed by atoms with Gasteiger partial charge in [-0.1, -0.05) is 0 Å². The number of thiophene rings is 1. The van der Waals surface area contributed by atoms with Crippen LogP contribution in [0.25, 0.3) is 0 Å². The Morgan fingerprint density at radius 2 is 2.25 bits per heavy atom. The minimum absolute atomic E-state index is 0.00565. The molecule has 2 nitrogen and oxygen atoms in total. The van der Waals surface area contributed by atoms with Gasteiger partial charge in [0.2, 0.25) is 0 Å². The minimum Gasteiger partial charge on any atom is -0.394 e. The van der Waals surface area contributed by atoms with Crippen LogP contribution in [0.5, 0.6) is 0 Å². The highest BCUT2D eigenvalue weighted by molar-refractivity contribution is 7.10. The lowest BCUT2D eigenvalue weighted by molar-refractivity contribution is 0.155. The van der Waals surface area contributed by atoms with Gasteiger partial charge in [-0.3, -0.25) is 0 Å². The number of nitrogens with two attached hydrogens (primary N) is 1. The average Bonchev–Trinajstić information content (AvgIpc) is 2.51. The third-order valence-corrected chi connectivity index (χ3v) is 2.44. The van der Waals surface area contributed by atoms with E-state index < -0.39 is 12.5 Å². The predicted octanol–water partition coefficient (Wildman–Crippen LogP) is 1.68. The summed E-state index contributed by atoms with van der Waals surface area (Å²) in [6.07, 6.45) is -2.45. The Morgan fingerprint density at radius 3 is 2.67 bits per heavy atom. The van der Waals surface area contributed by atoms with Crippen LogP contribution >= 0.6 is 11.3 Å². The first kappa shape index (κ1) is 9.57. The first-order chi connectivity index (χ1) is 5.65. The Labute approximate surface area is 72.6 Å². The lowest BCUT2D eigenvalue weighted by Gasteiger charge is -2.03. The molecular formula is C7H9F2NOS. The van der Waals surface area contributed by atoms with E-state index in [2.05, 4.69) is 0 Å². The van der Waals surface area contributed by atoms with Crippen molar-refractivity contribution in [3.8, 4) is 0 Å². The molecule has 0 unspecified atom stereocenters. The molecule has 1 aromatic heterocycles. The zero-order chi connectivity index (χ0) is 9.14. The highest BCUT2D eigenvalue weighted by Crippen LogP contribution is 2.27. The summed E-state index contributed by atoms with van der Waals surface area (Å²) >= 11 is 0.960. The zero-order valence-corrected chi connectivity index (χ0v) is 7.02. The van der Waals surface area contributed by atoms with Gasteiger partial charge >= 0.3 is 0 Å². The van der Waals surface area contributed by atoms with Gasteiger partial charge < -0.3 is 10.8 Å². The summed E-state index contributed by atoms with van der Waals surface area (Å²) < 4.78 is 24.1. The number of alkyl halides is 2. The average molecular weight is 193 g/mol. The van der Waals surface area contributed by atoms with E-state index in [9.17, 15) is 8.78 Å². The molecule has 0 saturated carbocycles. The molecular weight excluding hydrogens is 184 g/mol. The molecule has 1 atom stereocenters. The largest absolute Gasteiger partial charge is 0.394 e. The molecule has 0 aliphatic carbocycles. The van der Waals surface area contributed by atoms with Crippen LogP contribution in [0.4, 0.5) is 8.78 Å². The standard InChI is InChI=1S/C7H9F2NOS/c8-7(9)6-1-4(3-12-6)5(10)2-11/h1,3,5,7,11H,2,10H2/t5-/m1/s1. The fourth-order valence-electron chi connectivity index (χ4n) is 0.783. The van der Waals surface area contributed by atoms with E-state index in [0.717, 1.165) is 11.3 Å². The highest BCUT2D eigenvalue weighted by atomic mass is 32.1. The van der Waals surface area contributed by atoms with Crippen LogP contribution in [0.3, 0.4) is 0 Å². The summed E-state index contributed by atoms with van der Waals surface area (Å²) in [5.74, 6) is 0. The highest BCUT2D eigenvalue weighted by Gasteiger charge is 2.13. The minimum atomic E-state index is -2.45. The van der Waals surface area contributed by atoms with Crippen molar-refractivity contribution in [2.75, 3.05) is 6.61 Å². The second-order valence-corrected chi connectivity index (χ2v) is 3.31. The number of aliphatic hydroxyl groups excluding tert-OH is 1. The Hall–Kier alpha value is -0.520. The predicted molar refractivity (Wildman–Crippen MR) is 43.3 cm³/mol. The van der Waals surface area contributed by atoms with Gasteiger partial charge in [0, 0.05) is 0 Å². The monoisotopic (exact) mass is 193 g/mol. The van der Waals surface area contributed by atoms with Gasteiger partial charge in [0.25, 0.3) is 6.43 Å². The van der Waals surface area contributed by atoms with Gasteiger partial charge in [-0.2, -0.15) is 0 Å². The second kappa shape index (κ2) is 3.93. The SMILES string of the molecule is N[C@H](CO)c1csc(C(F)F)c1. The lowest BCUT2D eigenvalue weighted by Crippen LogP contribution is -2.13. The van der Waals surface area contributed by atoms with E-state index in [4.69, 9.17) is 10.8 Å². The molecule has 0 saturated heterocycles. The van der Waals surface area contributed by atoms with E-state index in [1.165, 1.54) is 6.07 Å². The van der Waals surface area contributed by atoms with Gasteiger partial charge in [-0.15, -0.1) is 11.3 Å². The van der Waals surface area contributed by atoms with Crippen molar-refractivity contribution < 1.29 is 13.9 Å². The molecule has 5 heteroatoms. The molecule has 12 heavy (non-hydrogen) atoms. The fraction of sp³-hybridized carbons (Fsp3) is 0.429.